The van der Waals surface area contributed by atoms with Gasteiger partial charge in [0.1, 0.15) is 6.07 Å². The topological polar surface area (TPSA) is 90.3 Å². The Morgan fingerprint density at radius 2 is 1.83 bits per heavy atom. The van der Waals surface area contributed by atoms with Gasteiger partial charge in [-0.1, -0.05) is 28.1 Å². The lowest BCUT2D eigenvalue weighted by atomic mass is 10.2. The maximum atomic E-state index is 12.4. The average molecular weight is 408 g/mol. The molecule has 6 nitrogen and oxygen atoms in total. The van der Waals surface area contributed by atoms with Gasteiger partial charge in [-0.05, 0) is 36.4 Å². The molecule has 0 unspecified atom stereocenters. The Morgan fingerprint density at radius 3 is 2.46 bits per heavy atom. The summed E-state index contributed by atoms with van der Waals surface area (Å²) < 4.78 is 26.6. The van der Waals surface area contributed by atoms with Gasteiger partial charge in [0.05, 0.1) is 22.7 Å². The quantitative estimate of drug-likeness (QED) is 0.824. The Hall–Kier alpha value is -2.21. The predicted molar refractivity (Wildman–Crippen MR) is 93.7 cm³/mol. The van der Waals surface area contributed by atoms with Gasteiger partial charge in [0.25, 0.3) is 0 Å². The number of halogens is 1. The highest BCUT2D eigenvalue weighted by atomic mass is 79.9. The fourth-order valence-corrected chi connectivity index (χ4v) is 3.34. The Labute approximate surface area is 148 Å². The van der Waals surface area contributed by atoms with Gasteiger partial charge in [0.2, 0.25) is 15.9 Å². The molecular weight excluding hydrogens is 394 g/mol. The summed E-state index contributed by atoms with van der Waals surface area (Å²) in [6, 6.07) is 14.6. The molecule has 0 aliphatic rings. The van der Waals surface area contributed by atoms with Crippen molar-refractivity contribution in [2.75, 3.05) is 18.9 Å². The van der Waals surface area contributed by atoms with Crippen LogP contribution >= 0.6 is 15.9 Å². The molecule has 0 fully saturated rings. The predicted octanol–water partition coefficient (Wildman–Crippen LogP) is 2.58. The minimum Gasteiger partial charge on any atom is -0.324 e. The molecule has 0 atom stereocenters. The van der Waals surface area contributed by atoms with E-state index in [1.165, 1.54) is 19.2 Å². The van der Waals surface area contributed by atoms with Gasteiger partial charge < -0.3 is 5.32 Å². The third kappa shape index (κ3) is 4.20. The highest BCUT2D eigenvalue weighted by Gasteiger charge is 2.23. The van der Waals surface area contributed by atoms with Crippen LogP contribution in [-0.2, 0) is 14.8 Å². The van der Waals surface area contributed by atoms with Gasteiger partial charge in [0, 0.05) is 11.5 Å². The van der Waals surface area contributed by atoms with Crippen LogP contribution in [0.25, 0.3) is 0 Å². The number of amides is 1. The zero-order valence-corrected chi connectivity index (χ0v) is 15.1. The molecular formula is C16H14BrN3O3S. The van der Waals surface area contributed by atoms with E-state index in [9.17, 15) is 13.2 Å². The fourth-order valence-electron chi connectivity index (χ4n) is 1.95. The highest BCUT2D eigenvalue weighted by molar-refractivity contribution is 9.10. The SMILES string of the molecule is CN(CC(=O)Nc1ccccc1C#N)S(=O)(=O)c1ccc(Br)cc1. The second-order valence-electron chi connectivity index (χ2n) is 4.92. The van der Waals surface area contributed by atoms with E-state index >= 15 is 0 Å². The van der Waals surface area contributed by atoms with Gasteiger partial charge in [-0.3, -0.25) is 4.79 Å². The summed E-state index contributed by atoms with van der Waals surface area (Å²) in [5.74, 6) is -0.527. The second-order valence-corrected chi connectivity index (χ2v) is 7.88. The zero-order chi connectivity index (χ0) is 17.7. The molecule has 1 N–H and O–H groups in total. The number of hydrogen-bond donors (Lipinski definition) is 1. The lowest BCUT2D eigenvalue weighted by molar-refractivity contribution is -0.116. The van der Waals surface area contributed by atoms with Crippen molar-refractivity contribution in [3.05, 3.63) is 58.6 Å². The summed E-state index contributed by atoms with van der Waals surface area (Å²) in [7, 11) is -2.45. The number of carbonyl (C=O) groups is 1. The van der Waals surface area contributed by atoms with Gasteiger partial charge in [0.15, 0.2) is 0 Å². The number of nitrogens with zero attached hydrogens (tertiary/aromatic N) is 2. The summed E-state index contributed by atoms with van der Waals surface area (Å²) in [6.07, 6.45) is 0. The maximum absolute atomic E-state index is 12.4. The van der Waals surface area contributed by atoms with Crippen LogP contribution in [0.1, 0.15) is 5.56 Å². The lowest BCUT2D eigenvalue weighted by Crippen LogP contribution is -2.35. The number of anilines is 1. The number of rotatable bonds is 5. The Balaban J connectivity index is 2.11. The first-order valence-corrected chi connectivity index (χ1v) is 9.09. The second kappa shape index (κ2) is 7.57. The first-order chi connectivity index (χ1) is 11.3. The minimum atomic E-state index is -3.77. The molecule has 0 bridgehead atoms. The molecule has 24 heavy (non-hydrogen) atoms. The third-order valence-electron chi connectivity index (χ3n) is 3.21. The van der Waals surface area contributed by atoms with Crippen molar-refractivity contribution in [2.45, 2.75) is 4.90 Å². The summed E-state index contributed by atoms with van der Waals surface area (Å²) in [5, 5.41) is 11.6. The van der Waals surface area contributed by atoms with E-state index in [4.69, 9.17) is 5.26 Å². The van der Waals surface area contributed by atoms with Gasteiger partial charge in [-0.2, -0.15) is 9.57 Å². The van der Waals surface area contributed by atoms with Crippen LogP contribution in [0.4, 0.5) is 5.69 Å². The van der Waals surface area contributed by atoms with E-state index in [1.807, 2.05) is 6.07 Å². The summed E-state index contributed by atoms with van der Waals surface area (Å²) in [6.45, 7) is -0.363. The van der Waals surface area contributed by atoms with Crippen LogP contribution in [0.2, 0.25) is 0 Å². The fraction of sp³-hybridized carbons (Fsp3) is 0.125. The van der Waals surface area contributed by atoms with Gasteiger partial charge in [-0.25, -0.2) is 8.42 Å². The van der Waals surface area contributed by atoms with E-state index in [0.29, 0.717) is 11.3 Å². The van der Waals surface area contributed by atoms with Crippen molar-refractivity contribution in [3.63, 3.8) is 0 Å². The maximum Gasteiger partial charge on any atom is 0.243 e. The van der Waals surface area contributed by atoms with Gasteiger partial charge in [-0.15, -0.1) is 0 Å². The molecule has 124 valence electrons. The van der Waals surface area contributed by atoms with Crippen LogP contribution in [0.15, 0.2) is 57.9 Å². The van der Waals surface area contributed by atoms with E-state index in [2.05, 4.69) is 21.2 Å². The zero-order valence-electron chi connectivity index (χ0n) is 12.7. The molecule has 2 aromatic carbocycles. The molecule has 1 amide bonds. The van der Waals surface area contributed by atoms with Crippen LogP contribution < -0.4 is 5.32 Å². The monoisotopic (exact) mass is 407 g/mol. The third-order valence-corrected chi connectivity index (χ3v) is 5.56. The number of hydrogen-bond acceptors (Lipinski definition) is 4. The van der Waals surface area contributed by atoms with E-state index in [1.54, 1.807) is 36.4 Å². The van der Waals surface area contributed by atoms with Crippen LogP contribution in [0.5, 0.6) is 0 Å². The van der Waals surface area contributed by atoms with E-state index in [0.717, 1.165) is 8.78 Å². The first-order valence-electron chi connectivity index (χ1n) is 6.85. The molecule has 0 radical (unpaired) electrons. The normalized spacial score (nSPS) is 11.1. The standard InChI is InChI=1S/C16H14BrN3O3S/c1-20(24(22,23)14-8-6-13(17)7-9-14)11-16(21)19-15-5-3-2-4-12(15)10-18/h2-9H,11H2,1H3,(H,19,21). The molecule has 0 heterocycles. The number of likely N-dealkylation sites (N-methyl/N-ethyl adjacent to an activating group) is 1. The molecule has 0 aromatic heterocycles. The smallest absolute Gasteiger partial charge is 0.243 e. The molecule has 0 aliphatic carbocycles. The van der Waals surface area contributed by atoms with Crippen molar-refractivity contribution in [2.24, 2.45) is 0 Å². The van der Waals surface area contributed by atoms with Crippen LogP contribution in [-0.4, -0.2) is 32.2 Å². The van der Waals surface area contributed by atoms with Crippen molar-refractivity contribution < 1.29 is 13.2 Å². The summed E-state index contributed by atoms with van der Waals surface area (Å²) in [5.41, 5.74) is 0.656. The van der Waals surface area contributed by atoms with E-state index < -0.39 is 15.9 Å². The van der Waals surface area contributed by atoms with Crippen LogP contribution in [0, 0.1) is 11.3 Å². The first kappa shape index (κ1) is 18.1. The minimum absolute atomic E-state index is 0.0958. The van der Waals surface area contributed by atoms with Crippen molar-refractivity contribution in [1.82, 2.24) is 4.31 Å². The van der Waals surface area contributed by atoms with E-state index in [-0.39, 0.29) is 11.4 Å². The average Bonchev–Trinajstić information content (AvgIpc) is 2.55. The molecule has 0 spiro atoms. The number of carbonyl (C=O) groups excluding carboxylic acids is 1. The molecule has 2 aromatic rings. The number of benzene rings is 2. The molecule has 0 saturated carbocycles. The largest absolute Gasteiger partial charge is 0.324 e. The number of nitriles is 1. The Kier molecular flexibility index (Phi) is 5.72. The van der Waals surface area contributed by atoms with Crippen molar-refractivity contribution in [3.8, 4) is 6.07 Å². The molecule has 2 rings (SSSR count). The van der Waals surface area contributed by atoms with Crippen molar-refractivity contribution >= 4 is 37.5 Å². The van der Waals surface area contributed by atoms with Gasteiger partial charge >= 0.3 is 0 Å². The summed E-state index contributed by atoms with van der Waals surface area (Å²) in [4.78, 5) is 12.2. The Morgan fingerprint density at radius 1 is 1.21 bits per heavy atom. The Bertz CT molecular complexity index is 890. The number of sulfonamides is 1. The number of para-hydroxylation sites is 1. The number of nitrogens with one attached hydrogen (secondary N) is 1. The van der Waals surface area contributed by atoms with Crippen LogP contribution in [0.3, 0.4) is 0 Å². The molecule has 8 heteroatoms. The molecule has 0 aliphatic heterocycles. The lowest BCUT2D eigenvalue weighted by Gasteiger charge is -2.17. The van der Waals surface area contributed by atoms with Crippen molar-refractivity contribution in [1.29, 1.82) is 5.26 Å². The molecule has 0 saturated heterocycles. The highest BCUT2D eigenvalue weighted by Crippen LogP contribution is 2.18. The summed E-state index contributed by atoms with van der Waals surface area (Å²) >= 11 is 3.24.